The van der Waals surface area contributed by atoms with E-state index in [1.165, 1.54) is 31.9 Å². The number of ether oxygens (including phenoxy) is 1. The monoisotopic (exact) mass is 509 g/mol. The quantitative estimate of drug-likeness (QED) is 0.256. The van der Waals surface area contributed by atoms with Gasteiger partial charge in [-0.2, -0.15) is 0 Å². The summed E-state index contributed by atoms with van der Waals surface area (Å²) >= 11 is 0. The number of benzene rings is 1. The molecule has 8 heteroatoms. The molecule has 1 aromatic carbocycles. The van der Waals surface area contributed by atoms with E-state index in [0.29, 0.717) is 29.8 Å². The van der Waals surface area contributed by atoms with Gasteiger partial charge in [0.25, 0.3) is 0 Å². The molecular weight excluding hydrogens is 477 g/mol. The van der Waals surface area contributed by atoms with Crippen LogP contribution in [0.1, 0.15) is 39.5 Å². The average Bonchev–Trinajstić information content (AvgIpc) is 2.60. The highest BCUT2D eigenvalue weighted by atomic mass is 127. The molecule has 0 bridgehead atoms. The third-order valence-corrected chi connectivity index (χ3v) is 5.71. The van der Waals surface area contributed by atoms with Gasteiger partial charge >= 0.3 is 0 Å². The van der Waals surface area contributed by atoms with Gasteiger partial charge in [-0.15, -0.1) is 24.0 Å². The molecule has 1 fully saturated rings. The van der Waals surface area contributed by atoms with E-state index in [4.69, 9.17) is 4.74 Å². The summed E-state index contributed by atoms with van der Waals surface area (Å²) in [6.07, 6.45) is 6.11. The molecule has 0 amide bonds. The third-order valence-electron chi connectivity index (χ3n) is 4.58. The van der Waals surface area contributed by atoms with Crippen LogP contribution in [0.15, 0.2) is 34.2 Å². The summed E-state index contributed by atoms with van der Waals surface area (Å²) in [5, 5.41) is 6.80. The van der Waals surface area contributed by atoms with E-state index in [1.807, 2.05) is 0 Å². The maximum Gasteiger partial charge on any atom is 0.191 e. The van der Waals surface area contributed by atoms with Gasteiger partial charge in [-0.1, -0.05) is 6.92 Å². The van der Waals surface area contributed by atoms with Crippen LogP contribution in [0.4, 0.5) is 0 Å². The van der Waals surface area contributed by atoms with Crippen LogP contribution in [-0.4, -0.2) is 46.4 Å². The van der Waals surface area contributed by atoms with Crippen molar-refractivity contribution >= 4 is 39.8 Å². The van der Waals surface area contributed by atoms with Crippen molar-refractivity contribution in [2.45, 2.75) is 50.5 Å². The van der Waals surface area contributed by atoms with Crippen molar-refractivity contribution in [3.8, 4) is 5.75 Å². The fourth-order valence-corrected chi connectivity index (χ4v) is 3.65. The van der Waals surface area contributed by atoms with Gasteiger partial charge in [-0.25, -0.2) is 13.4 Å². The Kier molecular flexibility index (Phi) is 10.4. The summed E-state index contributed by atoms with van der Waals surface area (Å²) in [5.74, 6) is 2.31. The molecule has 0 saturated heterocycles. The van der Waals surface area contributed by atoms with Crippen molar-refractivity contribution in [1.82, 2.24) is 10.6 Å². The molecule has 0 atom stereocenters. The van der Waals surface area contributed by atoms with Gasteiger partial charge < -0.3 is 15.4 Å². The predicted molar refractivity (Wildman–Crippen MR) is 121 cm³/mol. The number of nitrogens with one attached hydrogen (secondary N) is 2. The fourth-order valence-electron chi connectivity index (χ4n) is 3.02. The Labute approximate surface area is 180 Å². The van der Waals surface area contributed by atoms with Crippen molar-refractivity contribution in [1.29, 1.82) is 0 Å². The first-order valence-corrected chi connectivity index (χ1v) is 11.3. The minimum Gasteiger partial charge on any atom is -0.492 e. The highest BCUT2D eigenvalue weighted by molar-refractivity contribution is 14.0. The van der Waals surface area contributed by atoms with Crippen molar-refractivity contribution < 1.29 is 13.2 Å². The lowest BCUT2D eigenvalue weighted by molar-refractivity contribution is 0.323. The normalized spacial score (nSPS) is 20.5. The average molecular weight is 509 g/mol. The van der Waals surface area contributed by atoms with Crippen LogP contribution in [-0.2, 0) is 9.84 Å². The van der Waals surface area contributed by atoms with E-state index < -0.39 is 9.84 Å². The summed E-state index contributed by atoms with van der Waals surface area (Å²) in [4.78, 5) is 4.87. The van der Waals surface area contributed by atoms with Gasteiger partial charge in [0.15, 0.2) is 15.8 Å². The number of hydrogen-bond donors (Lipinski definition) is 2. The summed E-state index contributed by atoms with van der Waals surface area (Å²) in [7, 11) is -3.17. The summed E-state index contributed by atoms with van der Waals surface area (Å²) < 4.78 is 28.5. The Bertz CT molecular complexity index is 685. The van der Waals surface area contributed by atoms with Crippen molar-refractivity contribution in [3.05, 3.63) is 24.3 Å². The first-order chi connectivity index (χ1) is 12.4. The minimum atomic E-state index is -3.17. The lowest BCUT2D eigenvalue weighted by Gasteiger charge is -2.28. The molecule has 0 radical (unpaired) electrons. The topological polar surface area (TPSA) is 79.8 Å². The van der Waals surface area contributed by atoms with Crippen molar-refractivity contribution in [3.63, 3.8) is 0 Å². The molecule has 0 aromatic heterocycles. The zero-order valence-corrected chi connectivity index (χ0v) is 19.5. The second-order valence-electron chi connectivity index (χ2n) is 6.95. The van der Waals surface area contributed by atoms with Crippen LogP contribution in [0.5, 0.6) is 5.75 Å². The molecule has 0 heterocycles. The molecule has 1 aromatic rings. The van der Waals surface area contributed by atoms with Crippen LogP contribution < -0.4 is 15.4 Å². The largest absolute Gasteiger partial charge is 0.492 e. The van der Waals surface area contributed by atoms with Gasteiger partial charge in [0.2, 0.25) is 0 Å². The number of halogens is 1. The Morgan fingerprint density at radius 2 is 1.81 bits per heavy atom. The highest BCUT2D eigenvalue weighted by Crippen LogP contribution is 2.23. The molecule has 27 heavy (non-hydrogen) atoms. The maximum atomic E-state index is 11.5. The molecule has 0 spiro atoms. The minimum absolute atomic E-state index is 0. The molecule has 2 N–H and O–H groups in total. The molecule has 1 aliphatic carbocycles. The van der Waals surface area contributed by atoms with E-state index >= 15 is 0 Å². The fraction of sp³-hybridized carbons (Fsp3) is 0.632. The van der Waals surface area contributed by atoms with Crippen LogP contribution in [0, 0.1) is 5.92 Å². The van der Waals surface area contributed by atoms with Gasteiger partial charge in [0, 0.05) is 18.8 Å². The van der Waals surface area contributed by atoms with E-state index in [-0.39, 0.29) is 24.0 Å². The van der Waals surface area contributed by atoms with Crippen LogP contribution in [0.3, 0.4) is 0 Å². The second kappa shape index (κ2) is 11.7. The summed E-state index contributed by atoms with van der Waals surface area (Å²) in [6, 6.07) is 6.96. The molecular formula is C19H32IN3O3S. The zero-order chi connectivity index (χ0) is 19.0. The molecule has 154 valence electrons. The number of aliphatic imine (C=N–C) groups is 1. The Morgan fingerprint density at radius 3 is 2.37 bits per heavy atom. The Hall–Kier alpha value is -1.03. The maximum absolute atomic E-state index is 11.5. The van der Waals surface area contributed by atoms with E-state index in [9.17, 15) is 8.42 Å². The molecule has 1 saturated carbocycles. The number of nitrogens with zero attached hydrogens (tertiary/aromatic N) is 1. The third kappa shape index (κ3) is 8.68. The molecule has 2 rings (SSSR count). The van der Waals surface area contributed by atoms with Gasteiger partial charge in [-0.3, -0.25) is 0 Å². The van der Waals surface area contributed by atoms with Crippen molar-refractivity contribution in [2.24, 2.45) is 10.9 Å². The van der Waals surface area contributed by atoms with Crippen LogP contribution in [0.25, 0.3) is 0 Å². The smallest absolute Gasteiger partial charge is 0.191 e. The van der Waals surface area contributed by atoms with E-state index in [0.717, 1.165) is 18.4 Å². The zero-order valence-electron chi connectivity index (χ0n) is 16.4. The standard InChI is InChI=1S/C19H31N3O3S.HI/c1-4-20-19(22-16-7-5-15(2)6-8-16)21-13-14-25-17-9-11-18(12-10-17)26(3,23)24;/h9-12,15-16H,4-8,13-14H2,1-3H3,(H2,20,21,22);1H. The highest BCUT2D eigenvalue weighted by Gasteiger charge is 2.18. The van der Waals surface area contributed by atoms with Gasteiger partial charge in [0.1, 0.15) is 12.4 Å². The first kappa shape index (κ1) is 24.0. The summed E-state index contributed by atoms with van der Waals surface area (Å²) in [5.41, 5.74) is 0. The number of sulfone groups is 1. The SMILES string of the molecule is CCNC(=NCCOc1ccc(S(C)(=O)=O)cc1)NC1CCC(C)CC1.I. The Morgan fingerprint density at radius 1 is 1.19 bits per heavy atom. The number of hydrogen-bond acceptors (Lipinski definition) is 4. The molecule has 6 nitrogen and oxygen atoms in total. The van der Waals surface area contributed by atoms with Crippen LogP contribution in [0.2, 0.25) is 0 Å². The predicted octanol–water partition coefficient (Wildman–Crippen LogP) is 3.22. The molecule has 1 aliphatic rings. The van der Waals surface area contributed by atoms with E-state index in [1.54, 1.807) is 24.3 Å². The lowest BCUT2D eigenvalue weighted by Crippen LogP contribution is -2.44. The molecule has 0 unspecified atom stereocenters. The van der Waals surface area contributed by atoms with Crippen LogP contribution >= 0.6 is 24.0 Å². The summed E-state index contributed by atoms with van der Waals surface area (Å²) in [6.45, 7) is 6.17. The van der Waals surface area contributed by atoms with Crippen molar-refractivity contribution in [2.75, 3.05) is 26.0 Å². The van der Waals surface area contributed by atoms with Gasteiger partial charge in [-0.05, 0) is 62.8 Å². The molecule has 0 aliphatic heterocycles. The lowest BCUT2D eigenvalue weighted by atomic mass is 9.87. The van der Waals surface area contributed by atoms with E-state index in [2.05, 4.69) is 29.5 Å². The Balaban J connectivity index is 0.00000364. The van der Waals surface area contributed by atoms with Gasteiger partial charge in [0.05, 0.1) is 11.4 Å². The second-order valence-corrected chi connectivity index (χ2v) is 8.97. The number of guanidine groups is 1. The number of rotatable bonds is 7. The first-order valence-electron chi connectivity index (χ1n) is 9.36.